The molecule has 1 aromatic heterocycles. The molecule has 0 radical (unpaired) electrons. The highest BCUT2D eigenvalue weighted by Crippen LogP contribution is 2.17. The number of rotatable bonds is 6. The van der Waals surface area contributed by atoms with Gasteiger partial charge >= 0.3 is 0 Å². The first kappa shape index (κ1) is 16.3. The number of carbonyl (C=O) groups is 1. The van der Waals surface area contributed by atoms with E-state index in [2.05, 4.69) is 21.9 Å². The van der Waals surface area contributed by atoms with Crippen molar-refractivity contribution in [3.63, 3.8) is 0 Å². The molecule has 0 atom stereocenters. The minimum absolute atomic E-state index is 0.128. The molecule has 0 saturated carbocycles. The minimum Gasteiger partial charge on any atom is -0.467 e. The fourth-order valence-electron chi connectivity index (χ4n) is 2.06. The third kappa shape index (κ3) is 4.47. The number of hydrogen-bond donors (Lipinski definition) is 0. The van der Waals surface area contributed by atoms with Crippen LogP contribution in [0.3, 0.4) is 0 Å². The van der Waals surface area contributed by atoms with E-state index in [1.54, 1.807) is 30.5 Å². The monoisotopic (exact) mass is 363 g/mol. The van der Waals surface area contributed by atoms with Crippen molar-refractivity contribution in [3.8, 4) is 12.3 Å². The number of aryl methyl sites for hydroxylation is 1. The molecule has 1 aromatic carbocycles. The molecule has 0 aliphatic rings. The van der Waals surface area contributed by atoms with Crippen molar-refractivity contribution >= 4 is 21.8 Å². The highest BCUT2D eigenvalue weighted by atomic mass is 79.9. The summed E-state index contributed by atoms with van der Waals surface area (Å²) in [5, 5.41) is 0. The van der Waals surface area contributed by atoms with Gasteiger partial charge in [0.25, 0.3) is 0 Å². The molecule has 0 unspecified atom stereocenters. The maximum Gasteiger partial charge on any atom is 0.224 e. The lowest BCUT2D eigenvalue weighted by molar-refractivity contribution is -0.131. The number of furan rings is 1. The van der Waals surface area contributed by atoms with Crippen LogP contribution in [0.4, 0.5) is 4.39 Å². The Bertz CT molecular complexity index is 676. The Kier molecular flexibility index (Phi) is 5.79. The smallest absolute Gasteiger partial charge is 0.224 e. The predicted molar refractivity (Wildman–Crippen MR) is 85.4 cm³/mol. The zero-order chi connectivity index (χ0) is 15.9. The fraction of sp³-hybridized carbons (Fsp3) is 0.235. The molecule has 0 bridgehead atoms. The van der Waals surface area contributed by atoms with E-state index < -0.39 is 0 Å². The highest BCUT2D eigenvalue weighted by Gasteiger charge is 2.15. The van der Waals surface area contributed by atoms with Crippen LogP contribution in [-0.4, -0.2) is 17.4 Å². The van der Waals surface area contributed by atoms with Gasteiger partial charge in [0.15, 0.2) is 0 Å². The molecule has 22 heavy (non-hydrogen) atoms. The number of nitrogens with zero attached hydrogens (tertiary/aromatic N) is 1. The standard InChI is InChI=1S/C17H15BrFNO2/c1-2-9-20(12-15-4-3-10-22-15)17(21)8-6-13-5-7-14(18)11-16(13)19/h1,3-5,7,10-11H,6,8-9,12H2. The molecule has 1 amide bonds. The molecule has 0 aliphatic carbocycles. The summed E-state index contributed by atoms with van der Waals surface area (Å²) in [6, 6.07) is 8.35. The molecule has 0 fully saturated rings. The zero-order valence-corrected chi connectivity index (χ0v) is 13.5. The van der Waals surface area contributed by atoms with E-state index in [4.69, 9.17) is 10.8 Å². The zero-order valence-electron chi connectivity index (χ0n) is 11.9. The quantitative estimate of drug-likeness (QED) is 0.731. The van der Waals surface area contributed by atoms with Crippen molar-refractivity contribution in [2.45, 2.75) is 19.4 Å². The first-order valence-corrected chi connectivity index (χ1v) is 7.57. The second-order valence-corrected chi connectivity index (χ2v) is 5.68. The van der Waals surface area contributed by atoms with Gasteiger partial charge in [0.2, 0.25) is 5.91 Å². The Labute approximate surface area is 137 Å². The van der Waals surface area contributed by atoms with E-state index >= 15 is 0 Å². The van der Waals surface area contributed by atoms with E-state index in [0.717, 1.165) is 0 Å². The Morgan fingerprint density at radius 1 is 1.41 bits per heavy atom. The van der Waals surface area contributed by atoms with Crippen LogP contribution in [0, 0.1) is 18.2 Å². The van der Waals surface area contributed by atoms with E-state index in [1.165, 1.54) is 11.0 Å². The van der Waals surface area contributed by atoms with E-state index in [1.807, 2.05) is 0 Å². The number of amides is 1. The van der Waals surface area contributed by atoms with Gasteiger partial charge in [0.05, 0.1) is 19.4 Å². The van der Waals surface area contributed by atoms with Crippen LogP contribution in [0.5, 0.6) is 0 Å². The molecule has 2 aromatic rings. The highest BCUT2D eigenvalue weighted by molar-refractivity contribution is 9.10. The summed E-state index contributed by atoms with van der Waals surface area (Å²) in [6.07, 6.45) is 7.38. The van der Waals surface area contributed by atoms with Gasteiger partial charge in [-0.25, -0.2) is 4.39 Å². The van der Waals surface area contributed by atoms with Crippen molar-refractivity contribution in [2.75, 3.05) is 6.54 Å². The number of hydrogen-bond acceptors (Lipinski definition) is 2. The molecule has 114 valence electrons. The maximum absolute atomic E-state index is 13.8. The summed E-state index contributed by atoms with van der Waals surface area (Å²) in [5.74, 6) is 2.68. The minimum atomic E-state index is -0.322. The SMILES string of the molecule is C#CCN(Cc1ccco1)C(=O)CCc1ccc(Br)cc1F. The summed E-state index contributed by atoms with van der Waals surface area (Å²) in [6.45, 7) is 0.515. The van der Waals surface area contributed by atoms with Crippen LogP contribution in [0.2, 0.25) is 0 Å². The van der Waals surface area contributed by atoms with Gasteiger partial charge < -0.3 is 9.32 Å². The molecule has 0 spiro atoms. The molecule has 0 saturated heterocycles. The average Bonchev–Trinajstić information content (AvgIpc) is 2.98. The molecular formula is C17H15BrFNO2. The Morgan fingerprint density at radius 2 is 2.23 bits per heavy atom. The molecule has 1 heterocycles. The van der Waals surface area contributed by atoms with Crippen molar-refractivity contribution in [1.82, 2.24) is 4.90 Å². The van der Waals surface area contributed by atoms with Gasteiger partial charge in [-0.1, -0.05) is 27.9 Å². The topological polar surface area (TPSA) is 33.5 Å². The Hall–Kier alpha value is -2.06. The average molecular weight is 364 g/mol. The summed E-state index contributed by atoms with van der Waals surface area (Å²) >= 11 is 3.21. The number of carbonyl (C=O) groups excluding carboxylic acids is 1. The lowest BCUT2D eigenvalue weighted by atomic mass is 10.1. The molecule has 3 nitrogen and oxygen atoms in total. The van der Waals surface area contributed by atoms with E-state index in [9.17, 15) is 9.18 Å². The molecule has 0 aliphatic heterocycles. The Balaban J connectivity index is 1.97. The van der Waals surface area contributed by atoms with Gasteiger partial charge in [0.1, 0.15) is 11.6 Å². The van der Waals surface area contributed by atoms with Gasteiger partial charge in [0, 0.05) is 10.9 Å². The number of benzene rings is 1. The first-order valence-electron chi connectivity index (χ1n) is 6.77. The fourth-order valence-corrected chi connectivity index (χ4v) is 2.39. The van der Waals surface area contributed by atoms with Gasteiger partial charge in [-0.05, 0) is 36.2 Å². The molecule has 2 rings (SSSR count). The van der Waals surface area contributed by atoms with E-state index in [-0.39, 0.29) is 24.7 Å². The van der Waals surface area contributed by atoms with Crippen LogP contribution in [-0.2, 0) is 17.8 Å². The van der Waals surface area contributed by atoms with Crippen LogP contribution >= 0.6 is 15.9 Å². The lowest BCUT2D eigenvalue weighted by Gasteiger charge is -2.19. The van der Waals surface area contributed by atoms with Gasteiger partial charge in [-0.3, -0.25) is 4.79 Å². The first-order chi connectivity index (χ1) is 10.6. The summed E-state index contributed by atoms with van der Waals surface area (Å²) in [4.78, 5) is 13.8. The number of halogens is 2. The third-order valence-corrected chi connectivity index (χ3v) is 3.68. The molecule has 0 N–H and O–H groups in total. The van der Waals surface area contributed by atoms with Crippen molar-refractivity contribution in [1.29, 1.82) is 0 Å². The largest absolute Gasteiger partial charge is 0.467 e. The van der Waals surface area contributed by atoms with Gasteiger partial charge in [-0.2, -0.15) is 0 Å². The van der Waals surface area contributed by atoms with Crippen molar-refractivity contribution in [3.05, 3.63) is 58.2 Å². The van der Waals surface area contributed by atoms with Crippen LogP contribution in [0.15, 0.2) is 45.5 Å². The Morgan fingerprint density at radius 3 is 2.86 bits per heavy atom. The second kappa shape index (κ2) is 7.81. The third-order valence-electron chi connectivity index (χ3n) is 3.18. The summed E-state index contributed by atoms with van der Waals surface area (Å²) in [7, 11) is 0. The van der Waals surface area contributed by atoms with E-state index in [0.29, 0.717) is 28.8 Å². The van der Waals surface area contributed by atoms with Crippen LogP contribution in [0.1, 0.15) is 17.7 Å². The maximum atomic E-state index is 13.8. The van der Waals surface area contributed by atoms with Crippen LogP contribution in [0.25, 0.3) is 0 Å². The second-order valence-electron chi connectivity index (χ2n) is 4.77. The summed E-state index contributed by atoms with van der Waals surface area (Å²) in [5.41, 5.74) is 0.509. The number of terminal acetylenes is 1. The van der Waals surface area contributed by atoms with Crippen molar-refractivity contribution < 1.29 is 13.6 Å². The molecule has 5 heteroatoms. The lowest BCUT2D eigenvalue weighted by Crippen LogP contribution is -2.31. The summed E-state index contributed by atoms with van der Waals surface area (Å²) < 4.78 is 19.7. The molecular weight excluding hydrogens is 349 g/mol. The van der Waals surface area contributed by atoms with Crippen LogP contribution < -0.4 is 0 Å². The van der Waals surface area contributed by atoms with Gasteiger partial charge in [-0.15, -0.1) is 6.42 Å². The normalized spacial score (nSPS) is 10.2. The van der Waals surface area contributed by atoms with Crippen molar-refractivity contribution in [2.24, 2.45) is 0 Å². The predicted octanol–water partition coefficient (Wildman–Crippen LogP) is 3.78.